The number of hydrogen-bond acceptors (Lipinski definition) is 4. The summed E-state index contributed by atoms with van der Waals surface area (Å²) in [7, 11) is 1.32. The number of halogens is 1. The first-order chi connectivity index (χ1) is 8.58. The monoisotopic (exact) mass is 255 g/mol. The molecule has 0 saturated carbocycles. The Morgan fingerprint density at radius 2 is 2.22 bits per heavy atom. The summed E-state index contributed by atoms with van der Waals surface area (Å²) >= 11 is 0. The van der Waals surface area contributed by atoms with Crippen LogP contribution in [0.25, 0.3) is 0 Å². The number of aryl methyl sites for hydroxylation is 1. The van der Waals surface area contributed by atoms with Crippen LogP contribution in [-0.2, 0) is 9.53 Å². The Morgan fingerprint density at radius 3 is 2.83 bits per heavy atom. The Balaban J connectivity index is 2.66. The molecule has 18 heavy (non-hydrogen) atoms. The number of benzene rings is 1. The average molecular weight is 255 g/mol. The molecule has 4 nitrogen and oxygen atoms in total. The molecular weight excluding hydrogens is 237 g/mol. The van der Waals surface area contributed by atoms with Gasteiger partial charge in [0.15, 0.2) is 0 Å². The minimum absolute atomic E-state index is 0.102. The summed E-state index contributed by atoms with van der Waals surface area (Å²) in [4.78, 5) is 11.4. The maximum absolute atomic E-state index is 13.1. The van der Waals surface area contributed by atoms with Gasteiger partial charge in [-0.2, -0.15) is 0 Å². The normalized spacial score (nSPS) is 12.0. The van der Waals surface area contributed by atoms with Crippen LogP contribution in [0.2, 0.25) is 0 Å². The minimum Gasteiger partial charge on any atom is -0.491 e. The van der Waals surface area contributed by atoms with Crippen LogP contribution in [0.15, 0.2) is 18.2 Å². The van der Waals surface area contributed by atoms with E-state index in [9.17, 15) is 9.18 Å². The van der Waals surface area contributed by atoms with E-state index in [2.05, 4.69) is 10.1 Å². The lowest BCUT2D eigenvalue weighted by molar-refractivity contribution is -0.143. The highest BCUT2D eigenvalue weighted by molar-refractivity contribution is 5.75. The first-order valence-corrected chi connectivity index (χ1v) is 5.78. The molecule has 100 valence electrons. The Bertz CT molecular complexity index is 409. The summed E-state index contributed by atoms with van der Waals surface area (Å²) in [6.07, 6.45) is 0. The van der Waals surface area contributed by atoms with Crippen LogP contribution in [0.4, 0.5) is 4.39 Å². The fourth-order valence-corrected chi connectivity index (χ4v) is 1.50. The second-order valence-electron chi connectivity index (χ2n) is 3.85. The second kappa shape index (κ2) is 6.96. The van der Waals surface area contributed by atoms with Crippen LogP contribution in [0, 0.1) is 12.7 Å². The lowest BCUT2D eigenvalue weighted by Gasteiger charge is -2.17. The third-order valence-corrected chi connectivity index (χ3v) is 2.49. The summed E-state index contributed by atoms with van der Waals surface area (Å²) in [5, 5.41) is 2.94. The molecule has 1 rings (SSSR count). The molecule has 0 amide bonds. The number of hydrogen-bond donors (Lipinski definition) is 1. The van der Waals surface area contributed by atoms with Crippen molar-refractivity contribution >= 4 is 5.97 Å². The summed E-state index contributed by atoms with van der Waals surface area (Å²) in [6.45, 7) is 4.41. The molecule has 0 fully saturated rings. The SMILES string of the molecule is CCNC(COc1cc(F)ccc1C)C(=O)OC. The summed E-state index contributed by atoms with van der Waals surface area (Å²) in [5.41, 5.74) is 0.816. The van der Waals surface area contributed by atoms with Gasteiger partial charge in [0.1, 0.15) is 24.2 Å². The number of rotatable bonds is 6. The molecule has 1 N–H and O–H groups in total. The molecule has 5 heteroatoms. The number of ether oxygens (including phenoxy) is 2. The molecular formula is C13H18FNO3. The van der Waals surface area contributed by atoms with Gasteiger partial charge in [-0.1, -0.05) is 13.0 Å². The lowest BCUT2D eigenvalue weighted by atomic mass is 10.2. The number of nitrogens with one attached hydrogen (secondary N) is 1. The van der Waals surface area contributed by atoms with Crippen molar-refractivity contribution in [2.75, 3.05) is 20.3 Å². The van der Waals surface area contributed by atoms with E-state index in [1.54, 1.807) is 6.07 Å². The van der Waals surface area contributed by atoms with Crippen molar-refractivity contribution in [3.05, 3.63) is 29.6 Å². The van der Waals surface area contributed by atoms with Crippen LogP contribution in [0.3, 0.4) is 0 Å². The molecule has 0 saturated heterocycles. The molecule has 0 aliphatic rings. The van der Waals surface area contributed by atoms with Gasteiger partial charge in [0.25, 0.3) is 0 Å². The number of likely N-dealkylation sites (N-methyl/N-ethyl adjacent to an activating group) is 1. The highest BCUT2D eigenvalue weighted by Crippen LogP contribution is 2.18. The Labute approximate surface area is 106 Å². The van der Waals surface area contributed by atoms with Crippen molar-refractivity contribution in [1.29, 1.82) is 0 Å². The molecule has 0 radical (unpaired) electrons. The van der Waals surface area contributed by atoms with Crippen molar-refractivity contribution < 1.29 is 18.7 Å². The standard InChI is InChI=1S/C13H18FNO3/c1-4-15-11(13(16)17-3)8-18-12-7-10(14)6-5-9(12)2/h5-7,11,15H,4,8H2,1-3H3. The molecule has 0 aliphatic carbocycles. The molecule has 1 aromatic rings. The van der Waals surface area contributed by atoms with Gasteiger partial charge < -0.3 is 14.8 Å². The Morgan fingerprint density at radius 1 is 1.50 bits per heavy atom. The van der Waals surface area contributed by atoms with E-state index >= 15 is 0 Å². The highest BCUT2D eigenvalue weighted by Gasteiger charge is 2.19. The topological polar surface area (TPSA) is 47.6 Å². The van der Waals surface area contributed by atoms with Crippen LogP contribution < -0.4 is 10.1 Å². The quantitative estimate of drug-likeness (QED) is 0.785. The summed E-state index contributed by atoms with van der Waals surface area (Å²) in [5.74, 6) is -0.332. The molecule has 0 aliphatic heterocycles. The van der Waals surface area contributed by atoms with Crippen molar-refractivity contribution in [1.82, 2.24) is 5.32 Å². The fourth-order valence-electron chi connectivity index (χ4n) is 1.50. The second-order valence-corrected chi connectivity index (χ2v) is 3.85. The zero-order valence-electron chi connectivity index (χ0n) is 10.8. The number of carbonyl (C=O) groups is 1. The van der Waals surface area contributed by atoms with Crippen molar-refractivity contribution in [2.24, 2.45) is 0 Å². The molecule has 0 heterocycles. The van der Waals surface area contributed by atoms with Crippen LogP contribution in [-0.4, -0.2) is 32.3 Å². The zero-order valence-corrected chi connectivity index (χ0v) is 10.8. The van der Waals surface area contributed by atoms with Gasteiger partial charge in [-0.05, 0) is 25.1 Å². The molecule has 1 unspecified atom stereocenters. The third-order valence-electron chi connectivity index (χ3n) is 2.49. The van der Waals surface area contributed by atoms with Gasteiger partial charge in [0.05, 0.1) is 7.11 Å². The number of esters is 1. The molecule has 0 aromatic heterocycles. The van der Waals surface area contributed by atoms with Gasteiger partial charge in [-0.3, -0.25) is 4.79 Å². The van der Waals surface area contributed by atoms with Gasteiger partial charge in [-0.25, -0.2) is 4.39 Å². The van der Waals surface area contributed by atoms with E-state index < -0.39 is 12.0 Å². The van der Waals surface area contributed by atoms with Crippen molar-refractivity contribution in [2.45, 2.75) is 19.9 Å². The molecule has 1 aromatic carbocycles. The van der Waals surface area contributed by atoms with Crippen LogP contribution in [0.1, 0.15) is 12.5 Å². The molecule has 0 spiro atoms. The van der Waals surface area contributed by atoms with Gasteiger partial charge in [-0.15, -0.1) is 0 Å². The Hall–Kier alpha value is -1.62. The van der Waals surface area contributed by atoms with Crippen molar-refractivity contribution in [3.8, 4) is 5.75 Å². The lowest BCUT2D eigenvalue weighted by Crippen LogP contribution is -2.42. The average Bonchev–Trinajstić information content (AvgIpc) is 2.37. The zero-order chi connectivity index (χ0) is 13.5. The van der Waals surface area contributed by atoms with E-state index in [0.29, 0.717) is 12.3 Å². The van der Waals surface area contributed by atoms with Crippen LogP contribution in [0.5, 0.6) is 5.75 Å². The minimum atomic E-state index is -0.553. The molecule has 0 bridgehead atoms. The van der Waals surface area contributed by atoms with E-state index in [-0.39, 0.29) is 12.4 Å². The van der Waals surface area contributed by atoms with Gasteiger partial charge >= 0.3 is 5.97 Å². The number of methoxy groups -OCH3 is 1. The van der Waals surface area contributed by atoms with E-state index in [4.69, 9.17) is 4.74 Å². The smallest absolute Gasteiger partial charge is 0.326 e. The summed E-state index contributed by atoms with van der Waals surface area (Å²) in [6, 6.07) is 3.74. The van der Waals surface area contributed by atoms with E-state index in [1.165, 1.54) is 19.2 Å². The van der Waals surface area contributed by atoms with Crippen molar-refractivity contribution in [3.63, 3.8) is 0 Å². The fraction of sp³-hybridized carbons (Fsp3) is 0.462. The first-order valence-electron chi connectivity index (χ1n) is 5.78. The van der Waals surface area contributed by atoms with E-state index in [0.717, 1.165) is 5.56 Å². The van der Waals surface area contributed by atoms with Gasteiger partial charge in [0.2, 0.25) is 0 Å². The predicted molar refractivity (Wildman–Crippen MR) is 66.1 cm³/mol. The maximum Gasteiger partial charge on any atom is 0.326 e. The first kappa shape index (κ1) is 14.4. The van der Waals surface area contributed by atoms with Crippen LogP contribution >= 0.6 is 0 Å². The maximum atomic E-state index is 13.1. The van der Waals surface area contributed by atoms with Gasteiger partial charge in [0, 0.05) is 6.07 Å². The largest absolute Gasteiger partial charge is 0.491 e. The highest BCUT2D eigenvalue weighted by atomic mass is 19.1. The third kappa shape index (κ3) is 4.00. The number of carbonyl (C=O) groups excluding carboxylic acids is 1. The summed E-state index contributed by atoms with van der Waals surface area (Å²) < 4.78 is 23.2. The molecule has 1 atom stereocenters. The predicted octanol–water partition coefficient (Wildman–Crippen LogP) is 1.66. The van der Waals surface area contributed by atoms with E-state index in [1.807, 2.05) is 13.8 Å². The Kier molecular flexibility index (Phi) is 5.58.